The number of hydrogen-bond acceptors (Lipinski definition) is 6. The number of carbonyl (C=O) groups is 1. The third kappa shape index (κ3) is 4.94. The fourth-order valence-electron chi connectivity index (χ4n) is 3.93. The average molecular weight is 418 g/mol. The number of ether oxygens (including phenoxy) is 1. The van der Waals surface area contributed by atoms with E-state index in [2.05, 4.69) is 34.1 Å². The first-order valence-corrected chi connectivity index (χ1v) is 10.5. The Balaban J connectivity index is 1.56. The van der Waals surface area contributed by atoms with E-state index in [1.165, 1.54) is 0 Å². The molecule has 1 aliphatic carbocycles. The van der Waals surface area contributed by atoms with Gasteiger partial charge in [-0.1, -0.05) is 26.0 Å². The molecule has 0 radical (unpaired) electrons. The second-order valence-corrected chi connectivity index (χ2v) is 8.59. The lowest BCUT2D eigenvalue weighted by Gasteiger charge is -2.36. The van der Waals surface area contributed by atoms with E-state index >= 15 is 0 Å². The van der Waals surface area contributed by atoms with Crippen molar-refractivity contribution < 1.29 is 9.53 Å². The molecule has 1 aliphatic rings. The fourth-order valence-corrected chi connectivity index (χ4v) is 3.93. The Hall–Kier alpha value is -3.19. The van der Waals surface area contributed by atoms with Gasteiger partial charge in [-0.25, -0.2) is 15.0 Å². The summed E-state index contributed by atoms with van der Waals surface area (Å²) in [6.45, 7) is 7.57. The summed E-state index contributed by atoms with van der Waals surface area (Å²) in [5, 5.41) is 3.19. The lowest BCUT2D eigenvalue weighted by molar-refractivity contribution is 0.0918. The molecule has 160 valence electrons. The first kappa shape index (κ1) is 21.1. The molecule has 2 aromatic heterocycles. The maximum atomic E-state index is 12.9. The number of nitrogens with zero attached hydrogens (tertiary/aromatic N) is 4. The minimum Gasteiger partial charge on any atom is -0.377 e. The predicted octanol–water partition coefficient (Wildman–Crippen LogP) is 3.91. The molecule has 7 nitrogen and oxygen atoms in total. The van der Waals surface area contributed by atoms with Crippen molar-refractivity contribution in [2.45, 2.75) is 46.3 Å². The molecular formula is C24H27N5O2. The standard InChI is InChI=1S/C24H27N5O2/c1-4-31-15-16-5-7-17(8-6-16)23(30)29-20-12-24(2,3)11-19-18(20)13-27-22(28-19)21-14-25-9-10-26-21/h5-10,13-14,20H,4,11-12,15H2,1-3H3,(H,29,30). The van der Waals surface area contributed by atoms with Crippen molar-refractivity contribution in [3.63, 3.8) is 0 Å². The van der Waals surface area contributed by atoms with Gasteiger partial charge < -0.3 is 10.1 Å². The van der Waals surface area contributed by atoms with Crippen LogP contribution in [0.25, 0.3) is 11.5 Å². The van der Waals surface area contributed by atoms with Gasteiger partial charge in [0.25, 0.3) is 5.91 Å². The van der Waals surface area contributed by atoms with Crippen LogP contribution in [0.15, 0.2) is 49.1 Å². The van der Waals surface area contributed by atoms with E-state index in [4.69, 9.17) is 9.72 Å². The Morgan fingerprint density at radius 3 is 2.68 bits per heavy atom. The number of rotatable bonds is 6. The molecule has 0 saturated carbocycles. The second kappa shape index (κ2) is 8.89. The van der Waals surface area contributed by atoms with Gasteiger partial charge in [0.2, 0.25) is 0 Å². The fraction of sp³-hybridized carbons (Fsp3) is 0.375. The van der Waals surface area contributed by atoms with Crippen LogP contribution in [0.2, 0.25) is 0 Å². The third-order valence-corrected chi connectivity index (χ3v) is 5.46. The summed E-state index contributed by atoms with van der Waals surface area (Å²) in [4.78, 5) is 30.6. The van der Waals surface area contributed by atoms with Crippen LogP contribution in [-0.2, 0) is 17.8 Å². The van der Waals surface area contributed by atoms with E-state index in [0.717, 1.165) is 29.7 Å². The zero-order valence-corrected chi connectivity index (χ0v) is 18.1. The van der Waals surface area contributed by atoms with Gasteiger partial charge >= 0.3 is 0 Å². The Labute approximate surface area is 182 Å². The molecular weight excluding hydrogens is 390 g/mol. The molecule has 2 heterocycles. The number of fused-ring (bicyclic) bond motifs is 1. The molecule has 0 fully saturated rings. The van der Waals surface area contributed by atoms with Gasteiger partial charge in [-0.05, 0) is 42.9 Å². The summed E-state index contributed by atoms with van der Waals surface area (Å²) in [5.41, 5.74) is 4.23. The van der Waals surface area contributed by atoms with Crippen molar-refractivity contribution in [3.8, 4) is 11.5 Å². The molecule has 0 bridgehead atoms. The Morgan fingerprint density at radius 1 is 1.16 bits per heavy atom. The molecule has 1 amide bonds. The molecule has 1 aromatic carbocycles. The van der Waals surface area contributed by atoms with Crippen LogP contribution in [-0.4, -0.2) is 32.4 Å². The van der Waals surface area contributed by atoms with Gasteiger partial charge in [0.15, 0.2) is 5.82 Å². The molecule has 3 aromatic rings. The Morgan fingerprint density at radius 2 is 1.97 bits per heavy atom. The summed E-state index contributed by atoms with van der Waals surface area (Å²) in [7, 11) is 0. The molecule has 1 unspecified atom stereocenters. The first-order chi connectivity index (χ1) is 14.9. The van der Waals surface area contributed by atoms with Crippen molar-refractivity contribution in [2.24, 2.45) is 5.41 Å². The van der Waals surface area contributed by atoms with Crippen LogP contribution < -0.4 is 5.32 Å². The summed E-state index contributed by atoms with van der Waals surface area (Å²) >= 11 is 0. The number of nitrogens with one attached hydrogen (secondary N) is 1. The molecule has 4 rings (SSSR count). The minimum atomic E-state index is -0.148. The van der Waals surface area contributed by atoms with Crippen LogP contribution in [0.3, 0.4) is 0 Å². The number of carbonyl (C=O) groups excluding carboxylic acids is 1. The second-order valence-electron chi connectivity index (χ2n) is 8.59. The van der Waals surface area contributed by atoms with Gasteiger partial charge in [-0.15, -0.1) is 0 Å². The van der Waals surface area contributed by atoms with Gasteiger partial charge in [0, 0.05) is 36.3 Å². The molecule has 0 aliphatic heterocycles. The van der Waals surface area contributed by atoms with E-state index in [-0.39, 0.29) is 17.4 Å². The number of aromatic nitrogens is 4. The minimum absolute atomic E-state index is 0.000283. The van der Waals surface area contributed by atoms with Gasteiger partial charge in [0.1, 0.15) is 5.69 Å². The van der Waals surface area contributed by atoms with Crippen LogP contribution in [0.5, 0.6) is 0 Å². The molecule has 31 heavy (non-hydrogen) atoms. The van der Waals surface area contributed by atoms with Gasteiger partial charge in [-0.2, -0.15) is 0 Å². The summed E-state index contributed by atoms with van der Waals surface area (Å²) in [5.74, 6) is 0.453. The lowest BCUT2D eigenvalue weighted by atomic mass is 9.74. The molecule has 1 N–H and O–H groups in total. The zero-order chi connectivity index (χ0) is 21.8. The van der Waals surface area contributed by atoms with Gasteiger partial charge in [0.05, 0.1) is 24.5 Å². The maximum absolute atomic E-state index is 12.9. The quantitative estimate of drug-likeness (QED) is 0.654. The van der Waals surface area contributed by atoms with E-state index < -0.39 is 0 Å². The number of hydrogen-bond donors (Lipinski definition) is 1. The van der Waals surface area contributed by atoms with Crippen molar-refractivity contribution in [3.05, 3.63) is 71.4 Å². The van der Waals surface area contributed by atoms with Crippen molar-refractivity contribution >= 4 is 5.91 Å². The molecule has 7 heteroatoms. The summed E-state index contributed by atoms with van der Waals surface area (Å²) in [6, 6.07) is 7.39. The highest BCUT2D eigenvalue weighted by atomic mass is 16.5. The zero-order valence-electron chi connectivity index (χ0n) is 18.1. The Bertz CT molecular complexity index is 1050. The van der Waals surface area contributed by atoms with E-state index in [1.807, 2.05) is 37.4 Å². The highest BCUT2D eigenvalue weighted by molar-refractivity contribution is 5.94. The highest BCUT2D eigenvalue weighted by Gasteiger charge is 2.34. The third-order valence-electron chi connectivity index (χ3n) is 5.46. The highest BCUT2D eigenvalue weighted by Crippen LogP contribution is 2.40. The lowest BCUT2D eigenvalue weighted by Crippen LogP contribution is -2.37. The number of amides is 1. The monoisotopic (exact) mass is 417 g/mol. The maximum Gasteiger partial charge on any atom is 0.251 e. The summed E-state index contributed by atoms with van der Waals surface area (Å²) in [6.07, 6.45) is 8.37. The van der Waals surface area contributed by atoms with E-state index in [1.54, 1.807) is 18.6 Å². The first-order valence-electron chi connectivity index (χ1n) is 10.5. The molecule has 0 saturated heterocycles. The largest absolute Gasteiger partial charge is 0.377 e. The van der Waals surface area contributed by atoms with Crippen molar-refractivity contribution in [2.75, 3.05) is 6.61 Å². The van der Waals surface area contributed by atoms with E-state index in [9.17, 15) is 4.79 Å². The average Bonchev–Trinajstić information content (AvgIpc) is 2.77. The van der Waals surface area contributed by atoms with Crippen LogP contribution in [0.4, 0.5) is 0 Å². The predicted molar refractivity (Wildman–Crippen MR) is 117 cm³/mol. The van der Waals surface area contributed by atoms with Crippen molar-refractivity contribution in [1.82, 2.24) is 25.3 Å². The SMILES string of the molecule is CCOCc1ccc(C(=O)NC2CC(C)(C)Cc3nc(-c4cnccn4)ncc32)cc1. The molecule has 1 atom stereocenters. The van der Waals surface area contributed by atoms with Crippen LogP contribution in [0.1, 0.15) is 60.4 Å². The summed E-state index contributed by atoms with van der Waals surface area (Å²) < 4.78 is 5.42. The van der Waals surface area contributed by atoms with Crippen LogP contribution >= 0.6 is 0 Å². The smallest absolute Gasteiger partial charge is 0.251 e. The normalized spacial score (nSPS) is 17.1. The number of benzene rings is 1. The van der Waals surface area contributed by atoms with Crippen LogP contribution in [0, 0.1) is 5.41 Å². The topological polar surface area (TPSA) is 89.9 Å². The Kier molecular flexibility index (Phi) is 6.04. The van der Waals surface area contributed by atoms with Crippen molar-refractivity contribution in [1.29, 1.82) is 0 Å². The van der Waals surface area contributed by atoms with E-state index in [0.29, 0.717) is 30.3 Å². The van der Waals surface area contributed by atoms with Gasteiger partial charge in [-0.3, -0.25) is 9.78 Å². The molecule has 0 spiro atoms.